The van der Waals surface area contributed by atoms with Crippen LogP contribution in [0, 0.1) is 10.1 Å². The third-order valence-electron chi connectivity index (χ3n) is 4.12. The second-order valence-corrected chi connectivity index (χ2v) is 6.38. The second-order valence-electron chi connectivity index (χ2n) is 6.38. The van der Waals surface area contributed by atoms with Crippen LogP contribution in [0.4, 0.5) is 11.4 Å². The molecule has 3 aromatic rings. The summed E-state index contributed by atoms with van der Waals surface area (Å²) in [6, 6.07) is 18.7. The number of carbonyl (C=O) groups excluding carboxylic acids is 2. The summed E-state index contributed by atoms with van der Waals surface area (Å²) in [6.45, 7) is 1.60. The first-order valence-electron chi connectivity index (χ1n) is 8.79. The Bertz CT molecular complexity index is 1120. The number of hydrogen-bond acceptors (Lipinski definition) is 5. The summed E-state index contributed by atoms with van der Waals surface area (Å²) in [4.78, 5) is 34.6. The zero-order valence-corrected chi connectivity index (χ0v) is 15.6. The maximum Gasteiger partial charge on any atom is 0.271 e. The third-order valence-corrected chi connectivity index (χ3v) is 4.12. The minimum Gasteiger partial charge on any atom is -0.326 e. The van der Waals surface area contributed by atoms with Crippen LogP contribution in [0.2, 0.25) is 0 Å². The van der Waals surface area contributed by atoms with Crippen molar-refractivity contribution in [3.63, 3.8) is 0 Å². The summed E-state index contributed by atoms with van der Waals surface area (Å²) >= 11 is 0. The normalized spacial score (nSPS) is 11.1. The van der Waals surface area contributed by atoms with E-state index < -0.39 is 10.8 Å². The molecular formula is C21H18N4O4. The molecular weight excluding hydrogens is 372 g/mol. The van der Waals surface area contributed by atoms with Crippen LogP contribution in [-0.2, 0) is 4.79 Å². The summed E-state index contributed by atoms with van der Waals surface area (Å²) < 4.78 is 0. The van der Waals surface area contributed by atoms with E-state index in [1.54, 1.807) is 25.1 Å². The van der Waals surface area contributed by atoms with Crippen LogP contribution < -0.4 is 10.7 Å². The van der Waals surface area contributed by atoms with E-state index in [2.05, 4.69) is 15.8 Å². The summed E-state index contributed by atoms with van der Waals surface area (Å²) in [5.41, 5.74) is 3.49. The Morgan fingerprint density at radius 1 is 1.00 bits per heavy atom. The van der Waals surface area contributed by atoms with Gasteiger partial charge in [0, 0.05) is 29.1 Å². The van der Waals surface area contributed by atoms with E-state index in [0.29, 0.717) is 17.0 Å². The minimum absolute atomic E-state index is 0.0688. The molecule has 2 amide bonds. The van der Waals surface area contributed by atoms with Gasteiger partial charge in [-0.1, -0.05) is 36.4 Å². The lowest BCUT2D eigenvalue weighted by molar-refractivity contribution is -0.384. The van der Waals surface area contributed by atoms with Gasteiger partial charge >= 0.3 is 0 Å². The molecule has 29 heavy (non-hydrogen) atoms. The van der Waals surface area contributed by atoms with Crippen molar-refractivity contribution >= 4 is 39.7 Å². The molecule has 0 heterocycles. The Morgan fingerprint density at radius 3 is 2.52 bits per heavy atom. The Kier molecular flexibility index (Phi) is 5.94. The van der Waals surface area contributed by atoms with Gasteiger partial charge in [0.1, 0.15) is 0 Å². The molecule has 2 N–H and O–H groups in total. The van der Waals surface area contributed by atoms with Gasteiger partial charge in [-0.25, -0.2) is 5.43 Å². The third kappa shape index (κ3) is 5.23. The van der Waals surface area contributed by atoms with E-state index in [0.717, 1.165) is 10.8 Å². The first-order valence-corrected chi connectivity index (χ1v) is 8.79. The number of rotatable bonds is 6. The highest BCUT2D eigenvalue weighted by molar-refractivity contribution is 6.06. The molecule has 0 aliphatic carbocycles. The highest BCUT2D eigenvalue weighted by atomic mass is 16.6. The number of hydrazone groups is 1. The molecule has 0 aromatic heterocycles. The van der Waals surface area contributed by atoms with Gasteiger partial charge in [-0.15, -0.1) is 0 Å². The van der Waals surface area contributed by atoms with E-state index >= 15 is 0 Å². The van der Waals surface area contributed by atoms with Crippen LogP contribution in [0.1, 0.15) is 23.7 Å². The number of nitro groups is 1. The number of amides is 2. The fraction of sp³-hybridized carbons (Fsp3) is 0.0952. The van der Waals surface area contributed by atoms with Gasteiger partial charge in [-0.3, -0.25) is 19.7 Å². The fourth-order valence-corrected chi connectivity index (χ4v) is 2.72. The number of fused-ring (bicyclic) bond motifs is 1. The van der Waals surface area contributed by atoms with Crippen molar-refractivity contribution < 1.29 is 14.5 Å². The molecule has 0 bridgehead atoms. The molecule has 0 spiro atoms. The number of non-ortho nitro benzene ring substituents is 1. The predicted octanol–water partition coefficient (Wildman–Crippen LogP) is 3.88. The molecule has 3 rings (SSSR count). The van der Waals surface area contributed by atoms with Crippen LogP contribution in [0.25, 0.3) is 10.8 Å². The molecule has 0 radical (unpaired) electrons. The zero-order chi connectivity index (χ0) is 20.8. The molecule has 8 heteroatoms. The Morgan fingerprint density at radius 2 is 1.76 bits per heavy atom. The van der Waals surface area contributed by atoms with E-state index in [9.17, 15) is 19.7 Å². The summed E-state index contributed by atoms with van der Waals surface area (Å²) in [6.07, 6.45) is -0.0688. The van der Waals surface area contributed by atoms with Crippen molar-refractivity contribution in [2.75, 3.05) is 5.32 Å². The zero-order valence-electron chi connectivity index (χ0n) is 15.6. The molecule has 0 aliphatic rings. The largest absolute Gasteiger partial charge is 0.326 e. The van der Waals surface area contributed by atoms with Crippen LogP contribution in [0.15, 0.2) is 71.8 Å². The van der Waals surface area contributed by atoms with Gasteiger partial charge < -0.3 is 5.32 Å². The van der Waals surface area contributed by atoms with Crippen molar-refractivity contribution in [1.29, 1.82) is 0 Å². The first kappa shape index (κ1) is 19.7. The Balaban J connectivity index is 1.58. The van der Waals surface area contributed by atoms with Gasteiger partial charge in [0.2, 0.25) is 5.91 Å². The number of carbonyl (C=O) groups is 2. The number of nitro benzene ring substituents is 1. The molecule has 0 fully saturated rings. The van der Waals surface area contributed by atoms with E-state index in [1.165, 1.54) is 18.2 Å². The number of anilines is 1. The monoisotopic (exact) mass is 390 g/mol. The second kappa shape index (κ2) is 8.75. The van der Waals surface area contributed by atoms with Crippen LogP contribution in [0.5, 0.6) is 0 Å². The summed E-state index contributed by atoms with van der Waals surface area (Å²) in [5, 5.41) is 19.3. The lowest BCUT2D eigenvalue weighted by Crippen LogP contribution is -2.21. The van der Waals surface area contributed by atoms with Crippen molar-refractivity contribution in [1.82, 2.24) is 5.43 Å². The Labute approximate surface area is 166 Å². The molecule has 0 saturated carbocycles. The number of benzene rings is 3. The minimum atomic E-state index is -0.537. The fourth-order valence-electron chi connectivity index (χ4n) is 2.72. The number of nitrogens with zero attached hydrogens (tertiary/aromatic N) is 2. The molecule has 0 unspecified atom stereocenters. The van der Waals surface area contributed by atoms with E-state index in [4.69, 9.17) is 0 Å². The summed E-state index contributed by atoms with van der Waals surface area (Å²) in [5.74, 6) is -0.777. The topological polar surface area (TPSA) is 114 Å². The number of hydrogen-bond donors (Lipinski definition) is 2. The average molecular weight is 390 g/mol. The van der Waals surface area contributed by atoms with Crippen LogP contribution >= 0.6 is 0 Å². The van der Waals surface area contributed by atoms with E-state index in [-0.39, 0.29) is 18.0 Å². The average Bonchev–Trinajstić information content (AvgIpc) is 2.71. The highest BCUT2D eigenvalue weighted by Gasteiger charge is 2.10. The van der Waals surface area contributed by atoms with Gasteiger partial charge in [-0.2, -0.15) is 5.10 Å². The maximum atomic E-state index is 12.3. The van der Waals surface area contributed by atoms with Crippen molar-refractivity contribution in [2.24, 2.45) is 5.10 Å². The molecule has 3 aromatic carbocycles. The van der Waals surface area contributed by atoms with Crippen LogP contribution in [0.3, 0.4) is 0 Å². The van der Waals surface area contributed by atoms with Gasteiger partial charge in [0.05, 0.1) is 11.3 Å². The predicted molar refractivity (Wildman–Crippen MR) is 111 cm³/mol. The smallest absolute Gasteiger partial charge is 0.271 e. The van der Waals surface area contributed by atoms with Gasteiger partial charge in [0.15, 0.2) is 0 Å². The molecule has 8 nitrogen and oxygen atoms in total. The van der Waals surface area contributed by atoms with Crippen molar-refractivity contribution in [2.45, 2.75) is 13.3 Å². The quantitative estimate of drug-likeness (QED) is 0.378. The maximum absolute atomic E-state index is 12.3. The first-order chi connectivity index (χ1) is 13.9. The summed E-state index contributed by atoms with van der Waals surface area (Å²) in [7, 11) is 0. The lowest BCUT2D eigenvalue weighted by Gasteiger charge is -2.06. The van der Waals surface area contributed by atoms with Crippen LogP contribution in [-0.4, -0.2) is 22.4 Å². The molecule has 146 valence electrons. The number of nitrogens with one attached hydrogen (secondary N) is 2. The van der Waals surface area contributed by atoms with Crippen molar-refractivity contribution in [3.05, 3.63) is 82.4 Å². The lowest BCUT2D eigenvalue weighted by atomic mass is 10.1. The highest BCUT2D eigenvalue weighted by Crippen LogP contribution is 2.17. The Hall–Kier alpha value is -4.07. The van der Waals surface area contributed by atoms with Crippen molar-refractivity contribution in [3.8, 4) is 0 Å². The van der Waals surface area contributed by atoms with Gasteiger partial charge in [-0.05, 0) is 35.9 Å². The SMILES string of the molecule is C/C(CC(=O)Nc1cccc([N+](=O)[O-])c1)=N/NC(=O)c1ccc2ccccc2c1. The molecule has 0 atom stereocenters. The standard InChI is InChI=1S/C21H18N4O4/c1-14(11-20(26)22-18-7-4-8-19(13-18)25(28)29)23-24-21(27)17-10-9-15-5-2-3-6-16(15)12-17/h2-10,12-13H,11H2,1H3,(H,22,26)(H,24,27)/b23-14-. The van der Waals surface area contributed by atoms with E-state index in [1.807, 2.05) is 30.3 Å². The molecule has 0 saturated heterocycles. The molecule has 0 aliphatic heterocycles. The van der Waals surface area contributed by atoms with Gasteiger partial charge in [0.25, 0.3) is 11.6 Å².